The van der Waals surface area contributed by atoms with E-state index in [1.165, 1.54) is 4.21 Å². The fourth-order valence-electron chi connectivity index (χ4n) is 0.803. The minimum absolute atomic E-state index is 0.223. The number of carbonyl (C=O) groups is 1. The zero-order valence-corrected chi connectivity index (χ0v) is 10.1. The van der Waals surface area contributed by atoms with E-state index in [4.69, 9.17) is 0 Å². The molecular weight excluding hydrogens is 256 g/mol. The monoisotopic (exact) mass is 264 g/mol. The third-order valence-corrected chi connectivity index (χ3v) is 4.90. The van der Waals surface area contributed by atoms with Gasteiger partial charge >= 0.3 is 0 Å². The van der Waals surface area contributed by atoms with Crippen LogP contribution in [0.5, 0.6) is 0 Å². The van der Waals surface area contributed by atoms with Gasteiger partial charge in [-0.25, -0.2) is 0 Å². The molecule has 0 saturated heterocycles. The van der Waals surface area contributed by atoms with Crippen LogP contribution in [-0.4, -0.2) is 12.0 Å². The second-order valence-electron chi connectivity index (χ2n) is 2.23. The maximum atomic E-state index is 11.3. The van der Waals surface area contributed by atoms with Crippen molar-refractivity contribution in [3.05, 3.63) is 15.4 Å². The molecule has 0 aromatic carbocycles. The van der Waals surface area contributed by atoms with Gasteiger partial charge in [0.25, 0.3) is 0 Å². The molecule has 66 valence electrons. The summed E-state index contributed by atoms with van der Waals surface area (Å²) in [6.45, 7) is 1.88. The number of hydrogen-bond acceptors (Lipinski definition) is 3. The van der Waals surface area contributed by atoms with Crippen molar-refractivity contribution in [2.45, 2.75) is 17.6 Å². The van der Waals surface area contributed by atoms with Gasteiger partial charge in [0.05, 0.1) is 9.09 Å². The molecule has 1 heterocycles. The molecule has 0 radical (unpaired) electrons. The Bertz CT molecular complexity index is 293. The highest BCUT2D eigenvalue weighted by Gasteiger charge is 2.10. The summed E-state index contributed by atoms with van der Waals surface area (Å²) in [5.41, 5.74) is 0. The van der Waals surface area contributed by atoms with Crippen molar-refractivity contribution in [3.8, 4) is 0 Å². The molecule has 1 nitrogen and oxygen atoms in total. The highest BCUT2D eigenvalue weighted by atomic mass is 79.9. The number of hydrogen-bond donors (Lipinski definition) is 0. The SMILES string of the molecule is CCC(=O)c1cc(Br)c(SC)s1. The van der Waals surface area contributed by atoms with Crippen LogP contribution in [0.2, 0.25) is 0 Å². The van der Waals surface area contributed by atoms with Gasteiger partial charge < -0.3 is 0 Å². The lowest BCUT2D eigenvalue weighted by Gasteiger charge is -1.88. The molecule has 1 aromatic rings. The van der Waals surface area contributed by atoms with Crippen LogP contribution in [0.1, 0.15) is 23.0 Å². The molecule has 0 saturated carbocycles. The fraction of sp³-hybridized carbons (Fsp3) is 0.375. The van der Waals surface area contributed by atoms with Gasteiger partial charge in [0, 0.05) is 10.9 Å². The Morgan fingerprint density at radius 2 is 2.42 bits per heavy atom. The summed E-state index contributed by atoms with van der Waals surface area (Å²) in [5, 5.41) is 0. The molecule has 1 rings (SSSR count). The maximum absolute atomic E-state index is 11.3. The number of carbonyl (C=O) groups excluding carboxylic acids is 1. The van der Waals surface area contributed by atoms with Gasteiger partial charge in [0.1, 0.15) is 0 Å². The van der Waals surface area contributed by atoms with Crippen LogP contribution in [0, 0.1) is 0 Å². The lowest BCUT2D eigenvalue weighted by atomic mass is 10.3. The summed E-state index contributed by atoms with van der Waals surface area (Å²) in [7, 11) is 0. The Morgan fingerprint density at radius 3 is 2.83 bits per heavy atom. The molecule has 0 fully saturated rings. The van der Waals surface area contributed by atoms with Gasteiger partial charge in [-0.2, -0.15) is 0 Å². The molecule has 0 aliphatic carbocycles. The normalized spacial score (nSPS) is 10.2. The number of Topliss-reactive ketones (excluding diaryl/α,β-unsaturated/α-hetero) is 1. The average Bonchev–Trinajstić information content (AvgIpc) is 2.45. The number of thiophene rings is 1. The zero-order chi connectivity index (χ0) is 9.14. The number of ketones is 1. The first-order valence-corrected chi connectivity index (χ1v) is 6.39. The fourth-order valence-corrected chi connectivity index (χ4v) is 3.56. The first kappa shape index (κ1) is 10.3. The molecule has 0 aliphatic rings. The van der Waals surface area contributed by atoms with Crippen molar-refractivity contribution in [1.82, 2.24) is 0 Å². The molecule has 0 atom stereocenters. The van der Waals surface area contributed by atoms with Crippen molar-refractivity contribution in [2.75, 3.05) is 6.26 Å². The van der Waals surface area contributed by atoms with Crippen LogP contribution in [0.4, 0.5) is 0 Å². The molecule has 1 aromatic heterocycles. The third kappa shape index (κ3) is 2.12. The first-order valence-electron chi connectivity index (χ1n) is 3.55. The molecule has 12 heavy (non-hydrogen) atoms. The second kappa shape index (κ2) is 4.44. The Kier molecular flexibility index (Phi) is 3.80. The van der Waals surface area contributed by atoms with Crippen molar-refractivity contribution in [3.63, 3.8) is 0 Å². The summed E-state index contributed by atoms with van der Waals surface area (Å²) in [6, 6.07) is 1.91. The largest absolute Gasteiger partial charge is 0.293 e. The minimum Gasteiger partial charge on any atom is -0.293 e. The van der Waals surface area contributed by atoms with Crippen molar-refractivity contribution in [2.24, 2.45) is 0 Å². The standard InChI is InChI=1S/C8H9BrOS2/c1-3-6(10)7-4-5(9)8(11-2)12-7/h4H,3H2,1-2H3. The summed E-state index contributed by atoms with van der Waals surface area (Å²) in [4.78, 5) is 12.1. The first-order chi connectivity index (χ1) is 5.69. The van der Waals surface area contributed by atoms with Crippen molar-refractivity contribution >= 4 is 44.8 Å². The van der Waals surface area contributed by atoms with E-state index < -0.39 is 0 Å². The van der Waals surface area contributed by atoms with E-state index in [9.17, 15) is 4.79 Å². The molecule has 0 unspecified atom stereocenters. The van der Waals surface area contributed by atoms with Gasteiger partial charge in [0.15, 0.2) is 5.78 Å². The molecule has 0 N–H and O–H groups in total. The average molecular weight is 265 g/mol. The summed E-state index contributed by atoms with van der Waals surface area (Å²) in [6.07, 6.45) is 2.59. The minimum atomic E-state index is 0.223. The number of halogens is 1. The van der Waals surface area contributed by atoms with E-state index in [0.29, 0.717) is 6.42 Å². The molecule has 0 aliphatic heterocycles. The Labute approximate surface area is 88.7 Å². The van der Waals surface area contributed by atoms with E-state index in [1.807, 2.05) is 19.2 Å². The number of rotatable bonds is 3. The Hall–Kier alpha value is 0.200. The predicted octanol–water partition coefficient (Wildman–Crippen LogP) is 3.83. The summed E-state index contributed by atoms with van der Waals surface area (Å²) < 4.78 is 2.21. The molecule has 4 heteroatoms. The molecule has 0 amide bonds. The quantitative estimate of drug-likeness (QED) is 0.610. The van der Waals surface area contributed by atoms with Gasteiger partial charge in [-0.05, 0) is 28.3 Å². The van der Waals surface area contributed by atoms with E-state index in [2.05, 4.69) is 15.9 Å². The predicted molar refractivity (Wildman–Crippen MR) is 58.4 cm³/mol. The van der Waals surface area contributed by atoms with E-state index in [1.54, 1.807) is 23.1 Å². The smallest absolute Gasteiger partial charge is 0.172 e. The lowest BCUT2D eigenvalue weighted by Crippen LogP contribution is -1.90. The Balaban J connectivity index is 2.96. The lowest BCUT2D eigenvalue weighted by molar-refractivity contribution is 0.0992. The highest BCUT2D eigenvalue weighted by molar-refractivity contribution is 9.10. The topological polar surface area (TPSA) is 17.1 Å². The zero-order valence-electron chi connectivity index (χ0n) is 6.89. The van der Waals surface area contributed by atoms with Gasteiger partial charge in [-0.1, -0.05) is 6.92 Å². The molecular formula is C8H9BrOS2. The van der Waals surface area contributed by atoms with Gasteiger partial charge in [-0.3, -0.25) is 4.79 Å². The van der Waals surface area contributed by atoms with Crippen LogP contribution < -0.4 is 0 Å². The third-order valence-electron chi connectivity index (χ3n) is 1.44. The van der Waals surface area contributed by atoms with Crippen LogP contribution >= 0.6 is 39.0 Å². The van der Waals surface area contributed by atoms with Crippen LogP contribution in [0.25, 0.3) is 0 Å². The van der Waals surface area contributed by atoms with Crippen molar-refractivity contribution < 1.29 is 4.79 Å². The summed E-state index contributed by atoms with van der Waals surface area (Å²) >= 11 is 6.63. The van der Waals surface area contributed by atoms with Crippen LogP contribution in [0.15, 0.2) is 14.7 Å². The number of thioether (sulfide) groups is 1. The van der Waals surface area contributed by atoms with Crippen LogP contribution in [0.3, 0.4) is 0 Å². The molecule has 0 spiro atoms. The summed E-state index contributed by atoms with van der Waals surface area (Å²) in [5.74, 6) is 0.223. The maximum Gasteiger partial charge on any atom is 0.172 e. The van der Waals surface area contributed by atoms with Crippen molar-refractivity contribution in [1.29, 1.82) is 0 Å². The van der Waals surface area contributed by atoms with E-state index >= 15 is 0 Å². The highest BCUT2D eigenvalue weighted by Crippen LogP contribution is 2.34. The van der Waals surface area contributed by atoms with E-state index in [-0.39, 0.29) is 5.78 Å². The van der Waals surface area contributed by atoms with Gasteiger partial charge in [0.2, 0.25) is 0 Å². The second-order valence-corrected chi connectivity index (χ2v) is 5.21. The van der Waals surface area contributed by atoms with Crippen LogP contribution in [-0.2, 0) is 0 Å². The van der Waals surface area contributed by atoms with E-state index in [0.717, 1.165) is 9.35 Å². The Morgan fingerprint density at radius 1 is 1.75 bits per heavy atom. The molecule has 0 bridgehead atoms. The van der Waals surface area contributed by atoms with Gasteiger partial charge in [-0.15, -0.1) is 23.1 Å².